The number of carbonyl (C=O) groups excluding carboxylic acids is 2. The summed E-state index contributed by atoms with van der Waals surface area (Å²) in [5.74, 6) is -0.616. The Balaban J connectivity index is 2.10. The van der Waals surface area contributed by atoms with Crippen LogP contribution in [0.4, 0.5) is 24.5 Å². The molecule has 0 saturated heterocycles. The van der Waals surface area contributed by atoms with Gasteiger partial charge >= 0.3 is 6.18 Å². The molecule has 0 spiro atoms. The third kappa shape index (κ3) is 7.94. The van der Waals surface area contributed by atoms with Crippen molar-refractivity contribution in [2.75, 3.05) is 10.6 Å². The lowest BCUT2D eigenvalue weighted by Gasteiger charge is -2.19. The summed E-state index contributed by atoms with van der Waals surface area (Å²) in [4.78, 5) is 25.6. The number of benzene rings is 2. The van der Waals surface area contributed by atoms with Gasteiger partial charge in [0.05, 0.1) is 16.5 Å². The van der Waals surface area contributed by atoms with Gasteiger partial charge in [0.1, 0.15) is 0 Å². The summed E-state index contributed by atoms with van der Waals surface area (Å²) >= 11 is 1.24. The summed E-state index contributed by atoms with van der Waals surface area (Å²) in [6, 6.07) is 12.0. The summed E-state index contributed by atoms with van der Waals surface area (Å²) < 4.78 is 39.6. The van der Waals surface area contributed by atoms with Crippen LogP contribution in [-0.2, 0) is 15.8 Å². The number of anilines is 2. The molecule has 0 radical (unpaired) electrons. The van der Waals surface area contributed by atoms with Crippen LogP contribution in [0.5, 0.6) is 0 Å². The van der Waals surface area contributed by atoms with Crippen molar-refractivity contribution < 1.29 is 22.8 Å². The zero-order valence-corrected chi connectivity index (χ0v) is 18.8. The van der Waals surface area contributed by atoms with E-state index in [-0.39, 0.29) is 17.0 Å². The minimum absolute atomic E-state index is 0.108. The molecule has 0 saturated carbocycles. The molecule has 2 rings (SSSR count). The molecule has 2 N–H and O–H groups in total. The number of nitrogens with one attached hydrogen (secondary N) is 2. The van der Waals surface area contributed by atoms with Gasteiger partial charge in [0.25, 0.3) is 0 Å². The predicted octanol–water partition coefficient (Wildman–Crippen LogP) is 6.59. The van der Waals surface area contributed by atoms with E-state index < -0.39 is 22.9 Å². The zero-order valence-electron chi connectivity index (χ0n) is 18.0. The Hall–Kier alpha value is -2.48. The van der Waals surface area contributed by atoms with E-state index in [9.17, 15) is 22.8 Å². The molecule has 0 bridgehead atoms. The monoisotopic (exact) mass is 452 g/mol. The Bertz CT molecular complexity index is 924. The smallest absolute Gasteiger partial charge is 0.326 e. The van der Waals surface area contributed by atoms with E-state index in [1.54, 1.807) is 31.2 Å². The Labute approximate surface area is 185 Å². The molecular weight excluding hydrogens is 425 g/mol. The lowest BCUT2D eigenvalue weighted by molar-refractivity contribution is -0.137. The highest BCUT2D eigenvalue weighted by Gasteiger charge is 2.34. The Morgan fingerprint density at radius 3 is 2.29 bits per heavy atom. The van der Waals surface area contributed by atoms with Gasteiger partial charge in [-0.25, -0.2) is 0 Å². The number of rotatable bonds is 7. The van der Waals surface area contributed by atoms with Crippen molar-refractivity contribution in [3.8, 4) is 0 Å². The van der Waals surface area contributed by atoms with E-state index >= 15 is 0 Å². The largest absolute Gasteiger partial charge is 0.418 e. The van der Waals surface area contributed by atoms with Crippen LogP contribution in [0, 0.1) is 5.41 Å². The van der Waals surface area contributed by atoms with Crippen molar-refractivity contribution in [1.82, 2.24) is 0 Å². The van der Waals surface area contributed by atoms with Crippen molar-refractivity contribution >= 4 is 35.0 Å². The third-order valence-electron chi connectivity index (χ3n) is 4.24. The van der Waals surface area contributed by atoms with Gasteiger partial charge in [0, 0.05) is 17.0 Å². The number of alkyl halides is 3. The molecule has 0 heterocycles. The maximum absolute atomic E-state index is 13.2. The van der Waals surface area contributed by atoms with Gasteiger partial charge in [0.15, 0.2) is 0 Å². The summed E-state index contributed by atoms with van der Waals surface area (Å²) in [6.45, 7) is 7.71. The normalized spacial score (nSPS) is 12.9. The summed E-state index contributed by atoms with van der Waals surface area (Å²) in [5, 5.41) is 4.66. The number of carbonyl (C=O) groups is 2. The highest BCUT2D eigenvalue weighted by atomic mass is 32.2. The zero-order chi connectivity index (χ0) is 23.2. The van der Waals surface area contributed by atoms with Crippen molar-refractivity contribution in [2.45, 2.75) is 56.9 Å². The first-order valence-electron chi connectivity index (χ1n) is 9.92. The molecule has 168 valence electrons. The first-order chi connectivity index (χ1) is 14.4. The van der Waals surface area contributed by atoms with Gasteiger partial charge in [-0.2, -0.15) is 13.2 Å². The van der Waals surface area contributed by atoms with E-state index in [1.165, 1.54) is 30.0 Å². The Morgan fingerprint density at radius 1 is 1.00 bits per heavy atom. The van der Waals surface area contributed by atoms with E-state index in [0.717, 1.165) is 11.0 Å². The van der Waals surface area contributed by atoms with Crippen LogP contribution < -0.4 is 10.6 Å². The van der Waals surface area contributed by atoms with E-state index in [1.807, 2.05) is 20.8 Å². The average molecular weight is 453 g/mol. The topological polar surface area (TPSA) is 58.2 Å². The molecule has 8 heteroatoms. The van der Waals surface area contributed by atoms with Crippen LogP contribution in [0.2, 0.25) is 0 Å². The number of para-hydroxylation sites is 1. The number of halogens is 3. The van der Waals surface area contributed by atoms with Crippen molar-refractivity contribution in [3.63, 3.8) is 0 Å². The fourth-order valence-corrected chi connectivity index (χ4v) is 3.89. The second kappa shape index (κ2) is 10.2. The van der Waals surface area contributed by atoms with Crippen LogP contribution >= 0.6 is 11.8 Å². The van der Waals surface area contributed by atoms with E-state index in [4.69, 9.17) is 0 Å². The first-order valence-corrected chi connectivity index (χ1v) is 10.8. The third-order valence-corrected chi connectivity index (χ3v) is 5.60. The number of hydrogen-bond donors (Lipinski definition) is 2. The molecule has 4 nitrogen and oxygen atoms in total. The van der Waals surface area contributed by atoms with Gasteiger partial charge in [-0.05, 0) is 42.2 Å². The van der Waals surface area contributed by atoms with Crippen LogP contribution in [0.3, 0.4) is 0 Å². The quantitative estimate of drug-likeness (QED) is 0.466. The molecule has 0 fully saturated rings. The standard InChI is InChI=1S/C23H27F3N2O2S/c1-5-19(21(30)28-18-12-7-6-11-17(18)23(24,25)26)31-16-10-8-9-15(13-16)27-20(29)14-22(2,3)4/h6-13,19H,5,14H2,1-4H3,(H,27,29)(H,28,30). The summed E-state index contributed by atoms with van der Waals surface area (Å²) in [6.07, 6.45) is -3.77. The number of thioether (sulfide) groups is 1. The lowest BCUT2D eigenvalue weighted by atomic mass is 9.92. The summed E-state index contributed by atoms with van der Waals surface area (Å²) in [7, 11) is 0. The molecule has 0 aliphatic rings. The first kappa shape index (κ1) is 24.8. The highest BCUT2D eigenvalue weighted by Crippen LogP contribution is 2.35. The number of amides is 2. The van der Waals surface area contributed by atoms with Gasteiger partial charge in [-0.15, -0.1) is 11.8 Å². The maximum atomic E-state index is 13.2. The van der Waals surface area contributed by atoms with Crippen LogP contribution in [0.1, 0.15) is 46.1 Å². The van der Waals surface area contributed by atoms with Crippen molar-refractivity contribution in [3.05, 3.63) is 54.1 Å². The van der Waals surface area contributed by atoms with Crippen molar-refractivity contribution in [1.29, 1.82) is 0 Å². The van der Waals surface area contributed by atoms with E-state index in [2.05, 4.69) is 10.6 Å². The minimum Gasteiger partial charge on any atom is -0.326 e. The number of hydrogen-bond acceptors (Lipinski definition) is 3. The van der Waals surface area contributed by atoms with E-state index in [0.29, 0.717) is 18.5 Å². The maximum Gasteiger partial charge on any atom is 0.418 e. The second-order valence-corrected chi connectivity index (χ2v) is 9.64. The molecule has 2 aromatic rings. The van der Waals surface area contributed by atoms with Gasteiger partial charge < -0.3 is 10.6 Å². The highest BCUT2D eigenvalue weighted by molar-refractivity contribution is 8.00. The molecule has 31 heavy (non-hydrogen) atoms. The fourth-order valence-electron chi connectivity index (χ4n) is 2.87. The molecular formula is C23H27F3N2O2S. The Kier molecular flexibility index (Phi) is 8.17. The fraction of sp³-hybridized carbons (Fsp3) is 0.391. The molecule has 1 atom stereocenters. The minimum atomic E-state index is -4.56. The van der Waals surface area contributed by atoms with Gasteiger partial charge in [-0.3, -0.25) is 9.59 Å². The molecule has 1 unspecified atom stereocenters. The predicted molar refractivity (Wildman–Crippen MR) is 119 cm³/mol. The second-order valence-electron chi connectivity index (χ2n) is 8.36. The molecule has 2 aromatic carbocycles. The van der Waals surface area contributed by atoms with Crippen LogP contribution in [-0.4, -0.2) is 17.1 Å². The molecule has 0 aromatic heterocycles. The Morgan fingerprint density at radius 2 is 1.68 bits per heavy atom. The van der Waals surface area contributed by atoms with Gasteiger partial charge in [0.2, 0.25) is 11.8 Å². The molecule has 2 amide bonds. The molecule has 0 aliphatic heterocycles. The SMILES string of the molecule is CCC(Sc1cccc(NC(=O)CC(C)(C)C)c1)C(=O)Nc1ccccc1C(F)(F)F. The van der Waals surface area contributed by atoms with Crippen LogP contribution in [0.25, 0.3) is 0 Å². The molecule has 0 aliphatic carbocycles. The van der Waals surface area contributed by atoms with Crippen molar-refractivity contribution in [2.24, 2.45) is 5.41 Å². The van der Waals surface area contributed by atoms with Crippen LogP contribution in [0.15, 0.2) is 53.4 Å². The summed E-state index contributed by atoms with van der Waals surface area (Å²) in [5.41, 5.74) is -0.680. The lowest BCUT2D eigenvalue weighted by Crippen LogP contribution is -2.26. The van der Waals surface area contributed by atoms with Gasteiger partial charge in [-0.1, -0.05) is 45.9 Å². The average Bonchev–Trinajstić information content (AvgIpc) is 2.64.